The highest BCUT2D eigenvalue weighted by Gasteiger charge is 2.50. The SMILES string of the molecule is CCCSC1=C(C)N2C(=O)C(CC)C2C1. The third-order valence-corrected chi connectivity index (χ3v) is 4.85. The number of thioether (sulfide) groups is 1. The van der Waals surface area contributed by atoms with Gasteiger partial charge in [0.15, 0.2) is 0 Å². The molecule has 0 aliphatic carbocycles. The van der Waals surface area contributed by atoms with Crippen molar-refractivity contribution in [3.63, 3.8) is 0 Å². The van der Waals surface area contributed by atoms with Crippen LogP contribution in [0.2, 0.25) is 0 Å². The zero-order chi connectivity index (χ0) is 11.0. The Morgan fingerprint density at radius 2 is 2.20 bits per heavy atom. The van der Waals surface area contributed by atoms with Gasteiger partial charge in [0, 0.05) is 17.0 Å². The number of carbonyl (C=O) groups excluding carboxylic acids is 1. The predicted octanol–water partition coefficient (Wildman–Crippen LogP) is 3.00. The van der Waals surface area contributed by atoms with Crippen LogP contribution < -0.4 is 0 Å². The average molecular weight is 225 g/mol. The van der Waals surface area contributed by atoms with Crippen LogP contribution in [-0.2, 0) is 4.79 Å². The molecule has 1 fully saturated rings. The highest BCUT2D eigenvalue weighted by molar-refractivity contribution is 8.03. The van der Waals surface area contributed by atoms with Gasteiger partial charge in [0.1, 0.15) is 0 Å². The van der Waals surface area contributed by atoms with Gasteiger partial charge in [-0.3, -0.25) is 4.79 Å². The first-order valence-corrected chi connectivity index (χ1v) is 6.84. The summed E-state index contributed by atoms with van der Waals surface area (Å²) in [7, 11) is 0. The summed E-state index contributed by atoms with van der Waals surface area (Å²) in [5.41, 5.74) is 1.23. The van der Waals surface area contributed by atoms with Crippen LogP contribution in [0.5, 0.6) is 0 Å². The third-order valence-electron chi connectivity index (χ3n) is 3.43. The first-order valence-electron chi connectivity index (χ1n) is 5.86. The zero-order valence-corrected chi connectivity index (χ0v) is 10.6. The van der Waals surface area contributed by atoms with Gasteiger partial charge in [-0.05, 0) is 25.5 Å². The molecule has 2 heterocycles. The summed E-state index contributed by atoms with van der Waals surface area (Å²) in [5.74, 6) is 1.84. The number of nitrogens with zero attached hydrogens (tertiary/aromatic N) is 1. The van der Waals surface area contributed by atoms with Crippen molar-refractivity contribution in [2.45, 2.75) is 46.1 Å². The molecule has 1 saturated heterocycles. The van der Waals surface area contributed by atoms with Gasteiger partial charge in [0.25, 0.3) is 0 Å². The van der Waals surface area contributed by atoms with Gasteiger partial charge in [0.05, 0.1) is 12.0 Å². The maximum Gasteiger partial charge on any atom is 0.232 e. The van der Waals surface area contributed by atoms with E-state index in [0.717, 1.165) is 12.8 Å². The molecule has 1 amide bonds. The molecule has 2 atom stereocenters. The van der Waals surface area contributed by atoms with Gasteiger partial charge in [-0.1, -0.05) is 13.8 Å². The number of carbonyl (C=O) groups is 1. The molecule has 84 valence electrons. The van der Waals surface area contributed by atoms with Crippen LogP contribution >= 0.6 is 11.8 Å². The predicted molar refractivity (Wildman–Crippen MR) is 64.5 cm³/mol. The molecule has 2 aliphatic heterocycles. The summed E-state index contributed by atoms with van der Waals surface area (Å²) in [4.78, 5) is 15.3. The minimum Gasteiger partial charge on any atom is -0.311 e. The Balaban J connectivity index is 2.05. The maximum absolute atomic E-state index is 11.8. The number of allylic oxidation sites excluding steroid dienone is 1. The number of β-lactam (4-membered cyclic amide) rings is 1. The molecule has 0 aromatic heterocycles. The Morgan fingerprint density at radius 1 is 1.47 bits per heavy atom. The molecule has 0 radical (unpaired) electrons. The van der Waals surface area contributed by atoms with E-state index in [1.54, 1.807) is 0 Å². The van der Waals surface area contributed by atoms with Crippen LogP contribution in [0.1, 0.15) is 40.0 Å². The fourth-order valence-electron chi connectivity index (χ4n) is 2.56. The van der Waals surface area contributed by atoms with Gasteiger partial charge >= 0.3 is 0 Å². The molecule has 0 bridgehead atoms. The summed E-state index contributed by atoms with van der Waals surface area (Å²) in [6.45, 7) is 6.42. The lowest BCUT2D eigenvalue weighted by Gasteiger charge is -2.43. The van der Waals surface area contributed by atoms with Crippen LogP contribution in [-0.4, -0.2) is 22.6 Å². The van der Waals surface area contributed by atoms with Gasteiger partial charge in [-0.25, -0.2) is 0 Å². The monoisotopic (exact) mass is 225 g/mol. The van der Waals surface area contributed by atoms with Gasteiger partial charge in [-0.2, -0.15) is 0 Å². The molecule has 15 heavy (non-hydrogen) atoms. The lowest BCUT2D eigenvalue weighted by atomic mass is 9.85. The van der Waals surface area contributed by atoms with E-state index < -0.39 is 0 Å². The van der Waals surface area contributed by atoms with Crippen molar-refractivity contribution in [1.82, 2.24) is 4.90 Å². The third kappa shape index (κ3) is 1.61. The lowest BCUT2D eigenvalue weighted by Crippen LogP contribution is -2.56. The quantitative estimate of drug-likeness (QED) is 0.685. The van der Waals surface area contributed by atoms with E-state index in [1.807, 2.05) is 16.7 Å². The molecule has 0 N–H and O–H groups in total. The fourth-order valence-corrected chi connectivity index (χ4v) is 3.61. The van der Waals surface area contributed by atoms with Crippen molar-refractivity contribution in [3.8, 4) is 0 Å². The van der Waals surface area contributed by atoms with Crippen molar-refractivity contribution >= 4 is 17.7 Å². The number of hydrogen-bond donors (Lipinski definition) is 0. The topological polar surface area (TPSA) is 20.3 Å². The Labute approximate surface area is 96.1 Å². The Morgan fingerprint density at radius 3 is 2.80 bits per heavy atom. The second-order valence-corrected chi connectivity index (χ2v) is 5.54. The summed E-state index contributed by atoms with van der Waals surface area (Å²) in [5, 5.41) is 0. The standard InChI is InChI=1S/C12H19NOS/c1-4-6-15-11-7-10-9(5-2)12(14)13(10)8(11)3/h9-10H,4-7H2,1-3H3. The second kappa shape index (κ2) is 4.20. The van der Waals surface area contributed by atoms with Crippen molar-refractivity contribution in [1.29, 1.82) is 0 Å². The van der Waals surface area contributed by atoms with Crippen molar-refractivity contribution in [2.75, 3.05) is 5.75 Å². The van der Waals surface area contributed by atoms with Crippen LogP contribution in [0.4, 0.5) is 0 Å². The average Bonchev–Trinajstić information content (AvgIpc) is 2.49. The van der Waals surface area contributed by atoms with E-state index in [2.05, 4.69) is 20.8 Å². The fraction of sp³-hybridized carbons (Fsp3) is 0.750. The van der Waals surface area contributed by atoms with E-state index in [1.165, 1.54) is 22.8 Å². The summed E-state index contributed by atoms with van der Waals surface area (Å²) >= 11 is 1.94. The molecule has 0 aromatic rings. The van der Waals surface area contributed by atoms with E-state index in [4.69, 9.17) is 0 Å². The zero-order valence-electron chi connectivity index (χ0n) is 9.75. The van der Waals surface area contributed by atoms with Crippen LogP contribution in [0.3, 0.4) is 0 Å². The van der Waals surface area contributed by atoms with Crippen LogP contribution in [0, 0.1) is 5.92 Å². The molecule has 2 nitrogen and oxygen atoms in total. The highest BCUT2D eigenvalue weighted by atomic mass is 32.2. The van der Waals surface area contributed by atoms with E-state index in [9.17, 15) is 4.79 Å². The number of amides is 1. The van der Waals surface area contributed by atoms with Crippen molar-refractivity contribution in [3.05, 3.63) is 10.6 Å². The van der Waals surface area contributed by atoms with Crippen molar-refractivity contribution in [2.24, 2.45) is 5.92 Å². The maximum atomic E-state index is 11.8. The van der Waals surface area contributed by atoms with Crippen LogP contribution in [0.25, 0.3) is 0 Å². The first kappa shape index (κ1) is 11.1. The Hall–Kier alpha value is -0.440. The Kier molecular flexibility index (Phi) is 3.10. The number of hydrogen-bond acceptors (Lipinski definition) is 2. The second-order valence-electron chi connectivity index (χ2n) is 4.35. The minimum atomic E-state index is 0.305. The van der Waals surface area contributed by atoms with E-state index in [-0.39, 0.29) is 0 Å². The first-order chi connectivity index (χ1) is 7.20. The molecule has 2 unspecified atom stereocenters. The minimum absolute atomic E-state index is 0.305. The van der Waals surface area contributed by atoms with E-state index >= 15 is 0 Å². The molecule has 2 rings (SSSR count). The molecule has 0 saturated carbocycles. The number of rotatable bonds is 4. The smallest absolute Gasteiger partial charge is 0.232 e. The summed E-state index contributed by atoms with van der Waals surface area (Å²) in [6, 6.07) is 0.502. The Bertz CT molecular complexity index is 311. The van der Waals surface area contributed by atoms with Gasteiger partial charge < -0.3 is 4.90 Å². The van der Waals surface area contributed by atoms with Crippen LogP contribution in [0.15, 0.2) is 10.6 Å². The molecular formula is C12H19NOS. The van der Waals surface area contributed by atoms with E-state index in [0.29, 0.717) is 17.9 Å². The molecule has 2 aliphatic rings. The number of fused-ring (bicyclic) bond motifs is 1. The normalized spacial score (nSPS) is 29.5. The van der Waals surface area contributed by atoms with Gasteiger partial charge in [-0.15, -0.1) is 11.8 Å². The van der Waals surface area contributed by atoms with Crippen molar-refractivity contribution < 1.29 is 4.79 Å². The highest BCUT2D eigenvalue weighted by Crippen LogP contribution is 2.46. The molecule has 0 spiro atoms. The molecule has 3 heteroatoms. The molecule has 0 aromatic carbocycles. The lowest BCUT2D eigenvalue weighted by molar-refractivity contribution is -0.150. The van der Waals surface area contributed by atoms with Gasteiger partial charge in [0.2, 0.25) is 5.91 Å². The molecular weight excluding hydrogens is 206 g/mol. The summed E-state index contributed by atoms with van der Waals surface area (Å²) < 4.78 is 0. The summed E-state index contributed by atoms with van der Waals surface area (Å²) in [6.07, 6.45) is 3.32. The largest absolute Gasteiger partial charge is 0.311 e.